The highest BCUT2D eigenvalue weighted by Gasteiger charge is 2.09. The second-order valence-corrected chi connectivity index (χ2v) is 11.1. The maximum Gasteiger partial charge on any atom is 0.168 e. The number of thiol groups is 1. The second-order valence-electron chi connectivity index (χ2n) is 10.7. The average Bonchev–Trinajstić information content (AvgIpc) is 2.98. The van der Waals surface area contributed by atoms with Crippen molar-refractivity contribution in [2.75, 3.05) is 104 Å². The number of ether oxygens (including phenoxy) is 3. The van der Waals surface area contributed by atoms with E-state index in [2.05, 4.69) is 55.0 Å². The van der Waals surface area contributed by atoms with Crippen molar-refractivity contribution in [1.82, 2.24) is 14.7 Å². The van der Waals surface area contributed by atoms with Gasteiger partial charge in [-0.05, 0) is 77.8 Å². The number of hydrogen-bond acceptors (Lipinski definition) is 7. The molecule has 0 radical (unpaired) electrons. The van der Waals surface area contributed by atoms with Crippen LogP contribution in [0.3, 0.4) is 0 Å². The second kappa shape index (κ2) is 32.2. The molecule has 2 heterocycles. The number of rotatable bonds is 22. The van der Waals surface area contributed by atoms with Gasteiger partial charge in [0.2, 0.25) is 0 Å². The van der Waals surface area contributed by atoms with Crippen LogP contribution in [0.25, 0.3) is 0 Å². The van der Waals surface area contributed by atoms with E-state index in [9.17, 15) is 0 Å². The fourth-order valence-corrected chi connectivity index (χ4v) is 4.80. The lowest BCUT2D eigenvalue weighted by molar-refractivity contribution is -0.671. The molecule has 1 aliphatic rings. The van der Waals surface area contributed by atoms with Gasteiger partial charge in [-0.3, -0.25) is 0 Å². The normalized spacial score (nSPS) is 13.6. The Morgan fingerprint density at radius 3 is 1.49 bits per heavy atom. The quantitative estimate of drug-likeness (QED) is 0.112. The molecule has 8 heteroatoms. The van der Waals surface area contributed by atoms with Crippen LogP contribution < -0.4 is 4.57 Å². The molecule has 1 fully saturated rings. The van der Waals surface area contributed by atoms with Crippen molar-refractivity contribution in [3.63, 3.8) is 0 Å². The number of aryl methyl sites for hydroxylation is 1. The van der Waals surface area contributed by atoms with Gasteiger partial charge in [-0.1, -0.05) is 40.2 Å². The van der Waals surface area contributed by atoms with Crippen molar-refractivity contribution in [3.8, 4) is 0 Å². The summed E-state index contributed by atoms with van der Waals surface area (Å²) in [5.74, 6) is 0.785. The van der Waals surface area contributed by atoms with Gasteiger partial charge in [0.1, 0.15) is 7.05 Å². The van der Waals surface area contributed by atoms with Crippen molar-refractivity contribution >= 4 is 12.6 Å². The molecule has 1 aromatic rings. The van der Waals surface area contributed by atoms with Crippen molar-refractivity contribution in [1.29, 1.82) is 0 Å². The zero-order chi connectivity index (χ0) is 30.2. The Morgan fingerprint density at radius 2 is 1.07 bits per heavy atom. The predicted molar refractivity (Wildman–Crippen MR) is 178 cm³/mol. The summed E-state index contributed by atoms with van der Waals surface area (Å²) >= 11 is 4.06. The molecule has 242 valence electrons. The minimum absolute atomic E-state index is 0.695. The number of hydrogen-bond donors (Lipinski definition) is 1. The van der Waals surface area contributed by atoms with Crippen molar-refractivity contribution < 1.29 is 18.8 Å². The molecule has 0 spiro atoms. The Labute approximate surface area is 260 Å². The molecule has 0 aliphatic carbocycles. The molecule has 1 aliphatic heterocycles. The van der Waals surface area contributed by atoms with Crippen molar-refractivity contribution in [2.45, 2.75) is 72.6 Å². The van der Waals surface area contributed by atoms with Crippen LogP contribution in [-0.2, 0) is 21.3 Å². The first kappa shape index (κ1) is 40.3. The average molecular weight is 600 g/mol. The van der Waals surface area contributed by atoms with E-state index in [1.807, 2.05) is 42.2 Å². The maximum absolute atomic E-state index is 5.80. The Bertz CT molecular complexity index is 594. The fourth-order valence-electron chi connectivity index (χ4n) is 4.67. The molecular weight excluding hydrogens is 532 g/mol. The van der Waals surface area contributed by atoms with E-state index in [4.69, 9.17) is 14.2 Å². The van der Waals surface area contributed by atoms with Crippen LogP contribution in [0.15, 0.2) is 30.6 Å². The number of likely N-dealkylation sites (tertiary alicyclic amines) is 1. The minimum atomic E-state index is 0.695. The first-order valence-corrected chi connectivity index (χ1v) is 17.2. The molecule has 2 rings (SSSR count). The molecule has 1 saturated heterocycles. The van der Waals surface area contributed by atoms with E-state index in [1.54, 1.807) is 0 Å². The monoisotopic (exact) mass is 599 g/mol. The van der Waals surface area contributed by atoms with Crippen LogP contribution in [0.2, 0.25) is 0 Å². The predicted octanol–water partition coefficient (Wildman–Crippen LogP) is 5.19. The minimum Gasteiger partial charge on any atom is -0.379 e. The Kier molecular flexibility index (Phi) is 31.6. The van der Waals surface area contributed by atoms with E-state index < -0.39 is 0 Å². The highest BCUT2D eigenvalue weighted by molar-refractivity contribution is 7.80. The summed E-state index contributed by atoms with van der Waals surface area (Å²) in [5, 5.41) is 0. The van der Waals surface area contributed by atoms with Crippen LogP contribution >= 0.6 is 12.6 Å². The summed E-state index contributed by atoms with van der Waals surface area (Å²) in [7, 11) is 2.00. The topological polar surface area (TPSA) is 41.3 Å². The number of nitrogens with zero attached hydrogens (tertiary/aromatic N) is 4. The van der Waals surface area contributed by atoms with E-state index in [1.165, 1.54) is 84.2 Å². The summed E-state index contributed by atoms with van der Waals surface area (Å²) in [6, 6.07) is 6.00. The highest BCUT2D eigenvalue weighted by atomic mass is 32.1. The first-order valence-electron chi connectivity index (χ1n) is 16.5. The summed E-state index contributed by atoms with van der Waals surface area (Å²) in [6.45, 7) is 24.3. The Balaban J connectivity index is 0.000000640. The van der Waals surface area contributed by atoms with Gasteiger partial charge >= 0.3 is 0 Å². The molecule has 0 aromatic carbocycles. The summed E-state index contributed by atoms with van der Waals surface area (Å²) in [6.07, 6.45) is 13.0. The number of aromatic nitrogens is 1. The molecule has 0 N–H and O–H groups in total. The molecular formula is C33H67N4O3S+. The SMILES string of the molecule is CCCN(CCC)CCOCCN(CCC)CCC.C[n+]1ccccc1.SCCOCCOCCN1CCCCC1. The van der Waals surface area contributed by atoms with Gasteiger partial charge in [0.15, 0.2) is 12.4 Å². The standard InChI is InChI=1S/C16H36N2O.C11H23NO2S.C6H8N/c1-5-9-17(10-6-2)13-15-19-16-14-18(11-7-3)12-8-4;15-11-10-14-9-8-13-7-6-12-4-2-1-3-5-12;1-7-5-3-2-4-6-7/h5-16H2,1-4H3;15H,1-11H2;2-6H,1H3/q;;+1. The zero-order valence-corrected chi connectivity index (χ0v) is 28.5. The molecule has 0 saturated carbocycles. The lowest BCUT2D eigenvalue weighted by Crippen LogP contribution is -2.32. The highest BCUT2D eigenvalue weighted by Crippen LogP contribution is 2.07. The van der Waals surface area contributed by atoms with Gasteiger partial charge < -0.3 is 28.9 Å². The van der Waals surface area contributed by atoms with Crippen LogP contribution in [0.4, 0.5) is 0 Å². The number of piperidine rings is 1. The van der Waals surface area contributed by atoms with Gasteiger partial charge in [0.05, 0.1) is 39.6 Å². The third-order valence-electron chi connectivity index (χ3n) is 6.74. The van der Waals surface area contributed by atoms with Gasteiger partial charge in [-0.15, -0.1) is 0 Å². The van der Waals surface area contributed by atoms with Crippen LogP contribution in [-0.4, -0.2) is 119 Å². The Morgan fingerprint density at radius 1 is 0.610 bits per heavy atom. The maximum atomic E-state index is 5.80. The van der Waals surface area contributed by atoms with E-state index in [-0.39, 0.29) is 0 Å². The summed E-state index contributed by atoms with van der Waals surface area (Å²) in [5.41, 5.74) is 0. The van der Waals surface area contributed by atoms with E-state index in [0.29, 0.717) is 13.2 Å². The number of pyridine rings is 1. The fraction of sp³-hybridized carbons (Fsp3) is 0.848. The third kappa shape index (κ3) is 27.8. The van der Waals surface area contributed by atoms with Crippen LogP contribution in [0.1, 0.15) is 72.6 Å². The van der Waals surface area contributed by atoms with E-state index >= 15 is 0 Å². The summed E-state index contributed by atoms with van der Waals surface area (Å²) < 4.78 is 18.5. The Hall–Kier alpha value is -0.740. The molecule has 0 amide bonds. The third-order valence-corrected chi connectivity index (χ3v) is 6.92. The lowest BCUT2D eigenvalue weighted by atomic mass is 10.1. The van der Waals surface area contributed by atoms with E-state index in [0.717, 1.165) is 51.8 Å². The van der Waals surface area contributed by atoms with Crippen molar-refractivity contribution in [3.05, 3.63) is 30.6 Å². The molecule has 0 atom stereocenters. The van der Waals surface area contributed by atoms with Crippen LogP contribution in [0.5, 0.6) is 0 Å². The van der Waals surface area contributed by atoms with Gasteiger partial charge in [0.25, 0.3) is 0 Å². The van der Waals surface area contributed by atoms with Gasteiger partial charge in [-0.25, -0.2) is 4.57 Å². The van der Waals surface area contributed by atoms with Gasteiger partial charge in [0, 0.05) is 37.5 Å². The first-order chi connectivity index (χ1) is 20.1. The molecule has 1 aromatic heterocycles. The van der Waals surface area contributed by atoms with Gasteiger partial charge in [-0.2, -0.15) is 12.6 Å². The molecule has 41 heavy (non-hydrogen) atoms. The molecule has 0 bridgehead atoms. The summed E-state index contributed by atoms with van der Waals surface area (Å²) in [4.78, 5) is 7.50. The van der Waals surface area contributed by atoms with Crippen LogP contribution in [0, 0.1) is 0 Å². The molecule has 7 nitrogen and oxygen atoms in total. The smallest absolute Gasteiger partial charge is 0.168 e. The zero-order valence-electron chi connectivity index (χ0n) is 27.6. The molecule has 0 unspecified atom stereocenters. The largest absolute Gasteiger partial charge is 0.379 e. The lowest BCUT2D eigenvalue weighted by Gasteiger charge is -2.26. The van der Waals surface area contributed by atoms with Crippen molar-refractivity contribution in [2.24, 2.45) is 7.05 Å².